The lowest BCUT2D eigenvalue weighted by Crippen LogP contribution is -1.97. The summed E-state index contributed by atoms with van der Waals surface area (Å²) in [5.74, 6) is -1.59. The van der Waals surface area contributed by atoms with Crippen molar-refractivity contribution >= 4 is 63.7 Å². The van der Waals surface area contributed by atoms with Crippen LogP contribution in [0, 0.1) is 13.7 Å². The Morgan fingerprint density at radius 2 is 1.97 bits per heavy atom. The fraction of sp³-hybridized carbons (Fsp3) is 0. The lowest BCUT2D eigenvalue weighted by atomic mass is 10.1. The third-order valence-corrected chi connectivity index (χ3v) is 5.39. The van der Waals surface area contributed by atoms with Crippen LogP contribution in [-0.2, 0) is 4.79 Å². The van der Waals surface area contributed by atoms with Crippen LogP contribution in [0.3, 0.4) is 0 Å². The molecule has 0 bridgehead atoms. The first kappa shape index (κ1) is 21.1. The summed E-state index contributed by atoms with van der Waals surface area (Å²) in [6, 6.07) is 9.14. The van der Waals surface area contributed by atoms with Crippen LogP contribution in [0.2, 0.25) is 5.02 Å². The molecule has 1 heterocycles. The SMILES string of the molecule is O=C(O)/C(=C/c1cc(I)c(O)c([N+](=O)[O-])c1)Sc1nnc(-c2ccc(Cl)cc2)o1. The number of carboxylic acids is 1. The highest BCUT2D eigenvalue weighted by atomic mass is 127. The third-order valence-electron chi connectivity index (χ3n) is 3.47. The van der Waals surface area contributed by atoms with Crippen LogP contribution in [0.5, 0.6) is 5.75 Å². The smallest absolute Gasteiger partial charge is 0.342 e. The van der Waals surface area contributed by atoms with Crippen molar-refractivity contribution < 1.29 is 24.3 Å². The highest BCUT2D eigenvalue weighted by Crippen LogP contribution is 2.35. The van der Waals surface area contributed by atoms with Crippen LogP contribution in [0.1, 0.15) is 5.56 Å². The molecule has 0 saturated heterocycles. The van der Waals surface area contributed by atoms with Gasteiger partial charge in [0.25, 0.3) is 5.22 Å². The Morgan fingerprint density at radius 1 is 1.28 bits per heavy atom. The predicted molar refractivity (Wildman–Crippen MR) is 114 cm³/mol. The number of aromatic hydroxyl groups is 1. The van der Waals surface area contributed by atoms with E-state index in [1.807, 2.05) is 0 Å². The molecule has 2 N–H and O–H groups in total. The molecule has 2 aromatic carbocycles. The average molecular weight is 546 g/mol. The number of nitro groups is 1. The number of thioether (sulfide) groups is 1. The van der Waals surface area contributed by atoms with Gasteiger partial charge in [-0.3, -0.25) is 10.1 Å². The van der Waals surface area contributed by atoms with E-state index in [-0.39, 0.29) is 25.2 Å². The zero-order valence-corrected chi connectivity index (χ0v) is 17.8. The van der Waals surface area contributed by atoms with Crippen LogP contribution in [0.4, 0.5) is 5.69 Å². The summed E-state index contributed by atoms with van der Waals surface area (Å²) < 4.78 is 5.69. The monoisotopic (exact) mass is 545 g/mol. The first-order chi connectivity index (χ1) is 13.7. The molecule has 12 heteroatoms. The molecule has 0 spiro atoms. The number of benzene rings is 2. The minimum atomic E-state index is -1.29. The summed E-state index contributed by atoms with van der Waals surface area (Å²) in [6.45, 7) is 0. The molecular weight excluding hydrogens is 537 g/mol. The Labute approximate surface area is 185 Å². The van der Waals surface area contributed by atoms with Crippen LogP contribution < -0.4 is 0 Å². The van der Waals surface area contributed by atoms with Gasteiger partial charge >= 0.3 is 11.7 Å². The summed E-state index contributed by atoms with van der Waals surface area (Å²) in [7, 11) is 0. The van der Waals surface area contributed by atoms with Gasteiger partial charge in [-0.15, -0.1) is 10.2 Å². The van der Waals surface area contributed by atoms with Gasteiger partial charge in [-0.2, -0.15) is 0 Å². The van der Waals surface area contributed by atoms with Crippen molar-refractivity contribution in [1.29, 1.82) is 0 Å². The number of aliphatic carboxylic acids is 1. The molecule has 3 aromatic rings. The van der Waals surface area contributed by atoms with Crippen molar-refractivity contribution in [3.8, 4) is 17.2 Å². The maximum atomic E-state index is 11.6. The van der Waals surface area contributed by atoms with E-state index < -0.39 is 22.3 Å². The first-order valence-electron chi connectivity index (χ1n) is 7.64. The Kier molecular flexibility index (Phi) is 6.39. The second kappa shape index (κ2) is 8.80. The van der Waals surface area contributed by atoms with Crippen LogP contribution in [-0.4, -0.2) is 31.3 Å². The second-order valence-corrected chi connectivity index (χ2v) is 8.02. The quantitative estimate of drug-likeness (QED) is 0.147. The van der Waals surface area contributed by atoms with Crippen molar-refractivity contribution in [2.24, 2.45) is 0 Å². The van der Waals surface area contributed by atoms with E-state index in [0.29, 0.717) is 22.3 Å². The van der Waals surface area contributed by atoms with Crippen LogP contribution in [0.25, 0.3) is 17.5 Å². The summed E-state index contributed by atoms with van der Waals surface area (Å²) in [6.07, 6.45) is 1.22. The fourth-order valence-corrected chi connectivity index (χ4v) is 3.60. The van der Waals surface area contributed by atoms with E-state index in [1.165, 1.54) is 12.1 Å². The minimum Gasteiger partial charge on any atom is -0.501 e. The molecule has 0 fully saturated rings. The Morgan fingerprint density at radius 3 is 2.59 bits per heavy atom. The van der Waals surface area contributed by atoms with Gasteiger partial charge in [0, 0.05) is 16.7 Å². The van der Waals surface area contributed by atoms with E-state index >= 15 is 0 Å². The first-order valence-corrected chi connectivity index (χ1v) is 9.91. The van der Waals surface area contributed by atoms with Gasteiger partial charge in [0.1, 0.15) is 4.91 Å². The van der Waals surface area contributed by atoms with Gasteiger partial charge in [-0.25, -0.2) is 4.79 Å². The lowest BCUT2D eigenvalue weighted by molar-refractivity contribution is -0.386. The topological polar surface area (TPSA) is 140 Å². The largest absolute Gasteiger partial charge is 0.501 e. The number of carboxylic acid groups (broad SMARTS) is 1. The number of phenolic OH excluding ortho intramolecular Hbond substituents is 1. The molecule has 1 aromatic heterocycles. The molecular formula is C17H9ClIN3O6S. The molecule has 9 nitrogen and oxygen atoms in total. The van der Waals surface area contributed by atoms with E-state index in [0.717, 1.165) is 6.07 Å². The summed E-state index contributed by atoms with van der Waals surface area (Å²) in [5, 5.41) is 38.5. The number of carbonyl (C=O) groups is 1. The van der Waals surface area contributed by atoms with Crippen LogP contribution >= 0.6 is 46.0 Å². The summed E-state index contributed by atoms with van der Waals surface area (Å²) in [5.41, 5.74) is 0.306. The van der Waals surface area contributed by atoms with E-state index in [4.69, 9.17) is 16.0 Å². The molecule has 0 aliphatic rings. The van der Waals surface area contributed by atoms with E-state index in [2.05, 4.69) is 10.2 Å². The van der Waals surface area contributed by atoms with Gasteiger partial charge in [-0.05, 0) is 76.3 Å². The summed E-state index contributed by atoms with van der Waals surface area (Å²) in [4.78, 5) is 21.7. The second-order valence-electron chi connectivity index (χ2n) is 5.42. The van der Waals surface area contributed by atoms with Crippen molar-refractivity contribution in [2.75, 3.05) is 0 Å². The van der Waals surface area contributed by atoms with E-state index in [1.54, 1.807) is 46.9 Å². The molecule has 0 aliphatic heterocycles. The van der Waals surface area contributed by atoms with E-state index in [9.17, 15) is 25.1 Å². The van der Waals surface area contributed by atoms with Crippen molar-refractivity contribution in [3.05, 3.63) is 65.6 Å². The number of halogens is 2. The number of rotatable bonds is 6. The zero-order valence-electron chi connectivity index (χ0n) is 14.1. The molecule has 0 aliphatic carbocycles. The fourth-order valence-electron chi connectivity index (χ4n) is 2.17. The molecule has 0 amide bonds. The van der Waals surface area contributed by atoms with Gasteiger partial charge in [0.15, 0.2) is 0 Å². The normalized spacial score (nSPS) is 11.4. The highest BCUT2D eigenvalue weighted by Gasteiger charge is 2.20. The molecule has 0 radical (unpaired) electrons. The Hall–Kier alpha value is -2.64. The molecule has 0 unspecified atom stereocenters. The van der Waals surface area contributed by atoms with Crippen molar-refractivity contribution in [1.82, 2.24) is 10.2 Å². The van der Waals surface area contributed by atoms with Gasteiger partial charge in [-0.1, -0.05) is 11.6 Å². The maximum Gasteiger partial charge on any atom is 0.342 e. The molecule has 0 saturated carbocycles. The number of hydrogen-bond donors (Lipinski definition) is 2. The van der Waals surface area contributed by atoms with Crippen molar-refractivity contribution in [3.63, 3.8) is 0 Å². The van der Waals surface area contributed by atoms with Crippen molar-refractivity contribution in [2.45, 2.75) is 5.22 Å². The summed E-state index contributed by atoms with van der Waals surface area (Å²) >= 11 is 8.25. The Balaban J connectivity index is 1.91. The minimum absolute atomic E-state index is 0.0217. The lowest BCUT2D eigenvalue weighted by Gasteiger charge is -2.03. The Bertz CT molecular complexity index is 1130. The number of nitro benzene ring substituents is 1. The maximum absolute atomic E-state index is 11.6. The highest BCUT2D eigenvalue weighted by molar-refractivity contribution is 14.1. The zero-order chi connectivity index (χ0) is 21.1. The number of hydrogen-bond acceptors (Lipinski definition) is 8. The van der Waals surface area contributed by atoms with Gasteiger partial charge < -0.3 is 14.6 Å². The standard InChI is InChI=1S/C17H9ClIN3O6S/c18-10-3-1-9(2-4-10)15-20-21-17(28-15)29-13(16(24)25)7-8-5-11(19)14(23)12(6-8)22(26)27/h1-7,23H,(H,24,25)/b13-7-. The number of phenols is 1. The molecule has 29 heavy (non-hydrogen) atoms. The average Bonchev–Trinajstić information content (AvgIpc) is 3.12. The van der Waals surface area contributed by atoms with Gasteiger partial charge in [0.05, 0.1) is 8.49 Å². The molecule has 3 rings (SSSR count). The molecule has 0 atom stereocenters. The predicted octanol–water partition coefficient (Wildman–Crippen LogP) is 4.83. The third kappa shape index (κ3) is 5.05. The number of nitrogens with zero attached hydrogens (tertiary/aromatic N) is 3. The van der Waals surface area contributed by atoms with Gasteiger partial charge in [0.2, 0.25) is 11.6 Å². The molecule has 148 valence electrons. The van der Waals surface area contributed by atoms with Crippen LogP contribution in [0.15, 0.2) is 50.9 Å². The number of aromatic nitrogens is 2.